The maximum atomic E-state index is 11.9. The summed E-state index contributed by atoms with van der Waals surface area (Å²) in [7, 11) is 1.42. The van der Waals surface area contributed by atoms with Gasteiger partial charge in [0, 0.05) is 13.0 Å². The molecule has 0 radical (unpaired) electrons. The van der Waals surface area contributed by atoms with Crippen LogP contribution < -0.4 is 10.1 Å². The lowest BCUT2D eigenvalue weighted by atomic mass is 10.1. The highest BCUT2D eigenvalue weighted by Crippen LogP contribution is 2.26. The van der Waals surface area contributed by atoms with Crippen LogP contribution in [0.5, 0.6) is 23.0 Å². The summed E-state index contributed by atoms with van der Waals surface area (Å²) < 4.78 is 4.98. The van der Waals surface area contributed by atoms with Crippen LogP contribution in [0.15, 0.2) is 36.4 Å². The fourth-order valence-corrected chi connectivity index (χ4v) is 2.15. The minimum absolute atomic E-state index is 0.000232. The fourth-order valence-electron chi connectivity index (χ4n) is 2.15. The molecule has 0 aliphatic carbocycles. The van der Waals surface area contributed by atoms with Crippen molar-refractivity contribution >= 4 is 5.91 Å². The number of hydrogen-bond acceptors (Lipinski definition) is 6. The number of carbonyl (C=O) groups is 1. The molecule has 2 aromatic rings. The molecule has 7 heteroatoms. The number of phenolic OH excluding ortho intramolecular Hbond substituents is 3. The first-order valence-electron chi connectivity index (χ1n) is 7.23. The molecule has 0 heterocycles. The van der Waals surface area contributed by atoms with Gasteiger partial charge in [0.25, 0.3) is 0 Å². The summed E-state index contributed by atoms with van der Waals surface area (Å²) in [4.78, 5) is 11.9. The zero-order chi connectivity index (χ0) is 17.7. The van der Waals surface area contributed by atoms with E-state index in [0.717, 1.165) is 0 Å². The monoisotopic (exact) mass is 333 g/mol. The molecule has 0 fully saturated rings. The van der Waals surface area contributed by atoms with Crippen molar-refractivity contribution in [2.24, 2.45) is 0 Å². The number of aromatic hydroxyl groups is 3. The molecule has 0 saturated carbocycles. The van der Waals surface area contributed by atoms with Gasteiger partial charge >= 0.3 is 0 Å². The number of methoxy groups -OCH3 is 1. The number of amides is 1. The number of carbonyl (C=O) groups excluding carboxylic acids is 1. The highest BCUT2D eigenvalue weighted by Gasteiger charge is 2.16. The molecule has 2 rings (SSSR count). The van der Waals surface area contributed by atoms with Crippen LogP contribution >= 0.6 is 0 Å². The van der Waals surface area contributed by atoms with Crippen LogP contribution in [0.1, 0.15) is 11.1 Å². The van der Waals surface area contributed by atoms with Crippen LogP contribution in [0.4, 0.5) is 0 Å². The summed E-state index contributed by atoms with van der Waals surface area (Å²) in [5, 5.41) is 40.7. The number of ether oxygens (including phenoxy) is 1. The van der Waals surface area contributed by atoms with E-state index < -0.39 is 12.0 Å². The van der Waals surface area contributed by atoms with E-state index in [2.05, 4.69) is 5.32 Å². The van der Waals surface area contributed by atoms with Crippen LogP contribution in [0.2, 0.25) is 0 Å². The Bertz CT molecular complexity index is 731. The zero-order valence-corrected chi connectivity index (χ0v) is 13.1. The molecule has 0 aromatic heterocycles. The summed E-state index contributed by atoms with van der Waals surface area (Å²) in [6.07, 6.45) is -1.30. The molecular formula is C17H19NO6. The second-order valence-corrected chi connectivity index (χ2v) is 5.27. The van der Waals surface area contributed by atoms with Crippen LogP contribution in [0.25, 0.3) is 0 Å². The Balaban J connectivity index is 1.92. The Kier molecular flexibility index (Phi) is 5.49. The number of nitrogens with one attached hydrogen (secondary N) is 1. The van der Waals surface area contributed by atoms with Crippen LogP contribution in [-0.2, 0) is 17.8 Å². The van der Waals surface area contributed by atoms with Crippen molar-refractivity contribution in [3.05, 3.63) is 47.5 Å². The zero-order valence-electron chi connectivity index (χ0n) is 13.1. The molecular weight excluding hydrogens is 314 g/mol. The van der Waals surface area contributed by atoms with Crippen LogP contribution in [0.3, 0.4) is 0 Å². The van der Waals surface area contributed by atoms with Crippen molar-refractivity contribution in [1.29, 1.82) is 0 Å². The molecule has 1 atom stereocenters. The molecule has 2 aromatic carbocycles. The predicted molar refractivity (Wildman–Crippen MR) is 86.0 cm³/mol. The average molecular weight is 333 g/mol. The number of benzene rings is 2. The number of aliphatic hydroxyl groups excluding tert-OH is 1. The first-order valence-corrected chi connectivity index (χ1v) is 7.23. The molecule has 128 valence electrons. The van der Waals surface area contributed by atoms with Crippen LogP contribution in [-0.4, -0.2) is 39.5 Å². The molecule has 0 aliphatic heterocycles. The first-order chi connectivity index (χ1) is 11.4. The van der Waals surface area contributed by atoms with Crippen molar-refractivity contribution < 1.29 is 30.0 Å². The van der Waals surface area contributed by atoms with Gasteiger partial charge in [-0.1, -0.05) is 12.1 Å². The quantitative estimate of drug-likeness (QED) is 0.504. The van der Waals surface area contributed by atoms with E-state index in [4.69, 9.17) is 4.74 Å². The average Bonchev–Trinajstić information content (AvgIpc) is 2.57. The highest BCUT2D eigenvalue weighted by atomic mass is 16.5. The van der Waals surface area contributed by atoms with Gasteiger partial charge in [0.05, 0.1) is 7.11 Å². The van der Waals surface area contributed by atoms with Gasteiger partial charge in [0.1, 0.15) is 6.10 Å². The predicted octanol–water partition coefficient (Wildman–Crippen LogP) is 1.03. The van der Waals surface area contributed by atoms with Gasteiger partial charge in [0.2, 0.25) is 5.91 Å². The second-order valence-electron chi connectivity index (χ2n) is 5.27. The number of rotatable bonds is 6. The molecule has 7 nitrogen and oxygen atoms in total. The number of aliphatic hydroxyl groups is 1. The van der Waals surface area contributed by atoms with E-state index in [1.165, 1.54) is 31.4 Å². The second kappa shape index (κ2) is 7.56. The minimum atomic E-state index is -1.30. The third kappa shape index (κ3) is 4.30. The van der Waals surface area contributed by atoms with E-state index in [1.807, 2.05) is 0 Å². The van der Waals surface area contributed by atoms with Crippen molar-refractivity contribution in [2.75, 3.05) is 7.11 Å². The Hall–Kier alpha value is -2.93. The topological polar surface area (TPSA) is 119 Å². The Morgan fingerprint density at radius 3 is 2.38 bits per heavy atom. The van der Waals surface area contributed by atoms with Gasteiger partial charge in [-0.2, -0.15) is 0 Å². The van der Waals surface area contributed by atoms with Crippen molar-refractivity contribution in [3.63, 3.8) is 0 Å². The maximum absolute atomic E-state index is 11.9. The summed E-state index contributed by atoms with van der Waals surface area (Å²) in [5.41, 5.74) is 1.21. The molecule has 0 aliphatic rings. The Labute approximate surface area is 138 Å². The van der Waals surface area contributed by atoms with Crippen molar-refractivity contribution in [3.8, 4) is 23.0 Å². The van der Waals surface area contributed by atoms with E-state index in [1.54, 1.807) is 12.1 Å². The Morgan fingerprint density at radius 1 is 1.04 bits per heavy atom. The SMILES string of the molecule is COc1cc(CNC(=O)C(O)Cc2ccc(O)c(O)c2)ccc1O. The van der Waals surface area contributed by atoms with Gasteiger partial charge < -0.3 is 30.5 Å². The summed E-state index contributed by atoms with van der Waals surface area (Å²) in [5.74, 6) is -0.855. The molecule has 24 heavy (non-hydrogen) atoms. The molecule has 1 amide bonds. The van der Waals surface area contributed by atoms with Crippen LogP contribution in [0, 0.1) is 0 Å². The summed E-state index contributed by atoms with van der Waals surface area (Å²) in [6.45, 7) is 0.160. The largest absolute Gasteiger partial charge is 0.504 e. The lowest BCUT2D eigenvalue weighted by Crippen LogP contribution is -2.35. The first kappa shape index (κ1) is 17.4. The highest BCUT2D eigenvalue weighted by molar-refractivity contribution is 5.80. The van der Waals surface area contributed by atoms with E-state index in [-0.39, 0.29) is 30.2 Å². The molecule has 0 spiro atoms. The van der Waals surface area contributed by atoms with Gasteiger partial charge in [-0.15, -0.1) is 0 Å². The Morgan fingerprint density at radius 2 is 1.71 bits per heavy atom. The van der Waals surface area contributed by atoms with Gasteiger partial charge in [-0.25, -0.2) is 0 Å². The standard InChI is InChI=1S/C17H19NO6/c1-24-16-8-11(3-5-13(16)20)9-18-17(23)15(22)7-10-2-4-12(19)14(21)6-10/h2-6,8,15,19-22H,7,9H2,1H3,(H,18,23). The van der Waals surface area contributed by atoms with E-state index in [0.29, 0.717) is 16.9 Å². The fraction of sp³-hybridized carbons (Fsp3) is 0.235. The maximum Gasteiger partial charge on any atom is 0.249 e. The van der Waals surface area contributed by atoms with Gasteiger partial charge in [-0.3, -0.25) is 4.79 Å². The molecule has 5 N–H and O–H groups in total. The molecule has 1 unspecified atom stereocenters. The van der Waals surface area contributed by atoms with Gasteiger partial charge in [-0.05, 0) is 35.4 Å². The lowest BCUT2D eigenvalue weighted by molar-refractivity contribution is -0.129. The number of hydrogen-bond donors (Lipinski definition) is 5. The van der Waals surface area contributed by atoms with Crippen molar-refractivity contribution in [1.82, 2.24) is 5.32 Å². The van der Waals surface area contributed by atoms with E-state index in [9.17, 15) is 25.2 Å². The summed E-state index contributed by atoms with van der Waals surface area (Å²) in [6, 6.07) is 8.75. The third-order valence-electron chi connectivity index (χ3n) is 3.48. The summed E-state index contributed by atoms with van der Waals surface area (Å²) >= 11 is 0. The molecule has 0 bridgehead atoms. The van der Waals surface area contributed by atoms with E-state index >= 15 is 0 Å². The normalized spacial score (nSPS) is 11.8. The van der Waals surface area contributed by atoms with Crippen molar-refractivity contribution in [2.45, 2.75) is 19.1 Å². The minimum Gasteiger partial charge on any atom is -0.504 e. The third-order valence-corrected chi connectivity index (χ3v) is 3.48. The van der Waals surface area contributed by atoms with Gasteiger partial charge in [0.15, 0.2) is 23.0 Å². The smallest absolute Gasteiger partial charge is 0.249 e. The molecule has 0 saturated heterocycles. The number of phenols is 3. The lowest BCUT2D eigenvalue weighted by Gasteiger charge is -2.13.